The summed E-state index contributed by atoms with van der Waals surface area (Å²) in [6, 6.07) is 9.26. The largest absolute Gasteiger partial charge is 0.375 e. The minimum Gasteiger partial charge on any atom is -0.375 e. The molecule has 0 saturated heterocycles. The van der Waals surface area contributed by atoms with Crippen LogP contribution in [0, 0.1) is 11.3 Å². The third-order valence-electron chi connectivity index (χ3n) is 2.12. The Balaban J connectivity index is 2.12. The van der Waals surface area contributed by atoms with E-state index in [9.17, 15) is 0 Å². The van der Waals surface area contributed by atoms with E-state index in [4.69, 9.17) is 5.26 Å². The Kier molecular flexibility index (Phi) is 2.78. The molecule has 1 aromatic heterocycles. The zero-order valence-corrected chi connectivity index (χ0v) is 8.68. The third-order valence-corrected chi connectivity index (χ3v) is 2.12. The molecule has 16 heavy (non-hydrogen) atoms. The summed E-state index contributed by atoms with van der Waals surface area (Å²) in [5.41, 5.74) is 1.47. The minimum atomic E-state index is -0.0623. The van der Waals surface area contributed by atoms with Crippen LogP contribution in [0.25, 0.3) is 0 Å². The van der Waals surface area contributed by atoms with Gasteiger partial charge in [0.2, 0.25) is 0 Å². The minimum absolute atomic E-state index is 0.0623. The summed E-state index contributed by atoms with van der Waals surface area (Å²) < 4.78 is 0. The molecule has 1 aromatic carbocycles. The van der Waals surface area contributed by atoms with Gasteiger partial charge < -0.3 is 5.32 Å². The molecular formula is C10H10N6. The van der Waals surface area contributed by atoms with Crippen LogP contribution in [-0.4, -0.2) is 20.6 Å². The molecule has 2 rings (SSSR count). The Morgan fingerprint density at radius 2 is 2.38 bits per heavy atom. The maximum absolute atomic E-state index is 8.76. The highest BCUT2D eigenvalue weighted by atomic mass is 15.5. The van der Waals surface area contributed by atoms with Crippen molar-refractivity contribution in [1.29, 1.82) is 5.26 Å². The van der Waals surface area contributed by atoms with Gasteiger partial charge in [-0.2, -0.15) is 10.5 Å². The highest BCUT2D eigenvalue weighted by Crippen LogP contribution is 2.16. The molecule has 0 radical (unpaired) electrons. The number of nitriles is 1. The molecule has 0 spiro atoms. The lowest BCUT2D eigenvalue weighted by molar-refractivity contribution is 0.793. The van der Waals surface area contributed by atoms with Crippen LogP contribution < -0.4 is 5.32 Å². The highest BCUT2D eigenvalue weighted by molar-refractivity contribution is 5.49. The number of tetrazole rings is 1. The number of H-pyrrole nitrogens is 1. The zero-order valence-electron chi connectivity index (χ0n) is 8.68. The maximum atomic E-state index is 8.76. The van der Waals surface area contributed by atoms with Crippen LogP contribution in [0.2, 0.25) is 0 Å². The van der Waals surface area contributed by atoms with Gasteiger partial charge in [-0.05, 0) is 25.1 Å². The Morgan fingerprint density at radius 1 is 1.50 bits per heavy atom. The first-order valence-corrected chi connectivity index (χ1v) is 4.79. The standard InChI is InChI=1S/C10H10N6/c1-7(10-13-15-16-14-10)12-9-4-2-3-8(5-9)6-11/h2-5,7,12H,1H3,(H,13,14,15,16). The zero-order chi connectivity index (χ0) is 11.4. The number of aromatic amines is 1. The van der Waals surface area contributed by atoms with Crippen molar-refractivity contribution >= 4 is 5.69 Å². The van der Waals surface area contributed by atoms with E-state index < -0.39 is 0 Å². The van der Waals surface area contributed by atoms with Crippen LogP contribution >= 0.6 is 0 Å². The fraction of sp³-hybridized carbons (Fsp3) is 0.200. The second-order valence-corrected chi connectivity index (χ2v) is 3.33. The molecule has 0 fully saturated rings. The molecule has 0 aliphatic heterocycles. The van der Waals surface area contributed by atoms with Gasteiger partial charge in [-0.3, -0.25) is 0 Å². The second kappa shape index (κ2) is 4.40. The molecule has 6 heteroatoms. The first-order chi connectivity index (χ1) is 7.79. The number of nitrogens with zero attached hydrogens (tertiary/aromatic N) is 4. The average molecular weight is 214 g/mol. The summed E-state index contributed by atoms with van der Waals surface area (Å²) in [5.74, 6) is 0.586. The first kappa shape index (κ1) is 10.1. The number of hydrogen-bond donors (Lipinski definition) is 2. The fourth-order valence-electron chi connectivity index (χ4n) is 1.35. The number of nitrogens with one attached hydrogen (secondary N) is 2. The fourth-order valence-corrected chi connectivity index (χ4v) is 1.35. The van der Waals surface area contributed by atoms with E-state index in [1.54, 1.807) is 12.1 Å². The Labute approximate surface area is 92.3 Å². The summed E-state index contributed by atoms with van der Waals surface area (Å²) in [6.07, 6.45) is 0. The predicted octanol–water partition coefficient (Wildman–Crippen LogP) is 1.24. The Morgan fingerprint density at radius 3 is 3.06 bits per heavy atom. The monoisotopic (exact) mass is 214 g/mol. The molecule has 2 aromatic rings. The molecule has 80 valence electrons. The van der Waals surface area contributed by atoms with E-state index in [-0.39, 0.29) is 6.04 Å². The van der Waals surface area contributed by atoms with E-state index in [1.807, 2.05) is 19.1 Å². The van der Waals surface area contributed by atoms with Gasteiger partial charge in [0.25, 0.3) is 0 Å². The van der Waals surface area contributed by atoms with Crippen LogP contribution in [0.5, 0.6) is 0 Å². The summed E-state index contributed by atoms with van der Waals surface area (Å²) in [6.45, 7) is 1.92. The molecule has 0 aliphatic carbocycles. The topological polar surface area (TPSA) is 90.3 Å². The third kappa shape index (κ3) is 2.15. The van der Waals surface area contributed by atoms with Gasteiger partial charge in [-0.25, -0.2) is 0 Å². The van der Waals surface area contributed by atoms with Crippen molar-refractivity contribution in [2.75, 3.05) is 5.32 Å². The SMILES string of the molecule is CC(Nc1cccc(C#N)c1)c1nn[nH]n1. The van der Waals surface area contributed by atoms with Crippen molar-refractivity contribution in [3.63, 3.8) is 0 Å². The van der Waals surface area contributed by atoms with E-state index in [2.05, 4.69) is 32.0 Å². The Bertz CT molecular complexity index is 498. The molecule has 0 aliphatic rings. The van der Waals surface area contributed by atoms with E-state index in [0.717, 1.165) is 5.69 Å². The van der Waals surface area contributed by atoms with Crippen molar-refractivity contribution in [2.24, 2.45) is 0 Å². The first-order valence-electron chi connectivity index (χ1n) is 4.79. The van der Waals surface area contributed by atoms with Gasteiger partial charge in [0, 0.05) is 5.69 Å². The number of benzene rings is 1. The summed E-state index contributed by atoms with van der Waals surface area (Å²) >= 11 is 0. The van der Waals surface area contributed by atoms with Gasteiger partial charge in [-0.15, -0.1) is 10.2 Å². The van der Waals surface area contributed by atoms with E-state index in [1.165, 1.54) is 0 Å². The van der Waals surface area contributed by atoms with Crippen molar-refractivity contribution in [2.45, 2.75) is 13.0 Å². The summed E-state index contributed by atoms with van der Waals surface area (Å²) in [5, 5.41) is 25.6. The van der Waals surface area contributed by atoms with Crippen molar-refractivity contribution < 1.29 is 0 Å². The lowest BCUT2D eigenvalue weighted by Gasteiger charge is -2.11. The lowest BCUT2D eigenvalue weighted by atomic mass is 10.2. The van der Waals surface area contributed by atoms with E-state index >= 15 is 0 Å². The molecule has 2 N–H and O–H groups in total. The van der Waals surface area contributed by atoms with Gasteiger partial charge in [0.15, 0.2) is 5.82 Å². The number of aromatic nitrogens is 4. The quantitative estimate of drug-likeness (QED) is 0.802. The average Bonchev–Trinajstić information content (AvgIpc) is 2.83. The van der Waals surface area contributed by atoms with Crippen molar-refractivity contribution in [3.05, 3.63) is 35.7 Å². The Hall–Kier alpha value is -2.42. The molecule has 0 amide bonds. The van der Waals surface area contributed by atoms with Crippen LogP contribution in [0.15, 0.2) is 24.3 Å². The highest BCUT2D eigenvalue weighted by Gasteiger charge is 2.09. The predicted molar refractivity (Wildman–Crippen MR) is 57.4 cm³/mol. The van der Waals surface area contributed by atoms with Crippen LogP contribution in [0.1, 0.15) is 24.4 Å². The summed E-state index contributed by atoms with van der Waals surface area (Å²) in [4.78, 5) is 0. The smallest absolute Gasteiger partial charge is 0.196 e. The van der Waals surface area contributed by atoms with Crippen LogP contribution in [0.3, 0.4) is 0 Å². The number of rotatable bonds is 3. The van der Waals surface area contributed by atoms with Gasteiger partial charge in [-0.1, -0.05) is 11.3 Å². The van der Waals surface area contributed by atoms with Crippen LogP contribution in [-0.2, 0) is 0 Å². The van der Waals surface area contributed by atoms with Gasteiger partial charge in [0.05, 0.1) is 17.7 Å². The molecule has 1 atom stereocenters. The lowest BCUT2D eigenvalue weighted by Crippen LogP contribution is -2.08. The van der Waals surface area contributed by atoms with Gasteiger partial charge in [0.1, 0.15) is 0 Å². The maximum Gasteiger partial charge on any atom is 0.196 e. The van der Waals surface area contributed by atoms with Crippen molar-refractivity contribution in [3.8, 4) is 6.07 Å². The summed E-state index contributed by atoms with van der Waals surface area (Å²) in [7, 11) is 0. The normalized spacial score (nSPS) is 11.8. The number of anilines is 1. The van der Waals surface area contributed by atoms with Gasteiger partial charge >= 0.3 is 0 Å². The molecule has 0 saturated carbocycles. The van der Waals surface area contributed by atoms with Crippen molar-refractivity contribution in [1.82, 2.24) is 20.6 Å². The van der Waals surface area contributed by atoms with Crippen LogP contribution in [0.4, 0.5) is 5.69 Å². The molecule has 0 bridgehead atoms. The second-order valence-electron chi connectivity index (χ2n) is 3.33. The number of hydrogen-bond acceptors (Lipinski definition) is 5. The molecule has 6 nitrogen and oxygen atoms in total. The molecular weight excluding hydrogens is 204 g/mol. The molecule has 1 heterocycles. The van der Waals surface area contributed by atoms with E-state index in [0.29, 0.717) is 11.4 Å². The molecule has 1 unspecified atom stereocenters.